The molecular formula is C19H19FN4. The van der Waals surface area contributed by atoms with Crippen LogP contribution in [0.5, 0.6) is 0 Å². The number of anilines is 2. The molecule has 1 aromatic heterocycles. The average Bonchev–Trinajstić information content (AvgIpc) is 2.60. The van der Waals surface area contributed by atoms with E-state index in [0.717, 1.165) is 0 Å². The molecule has 4 nitrogen and oxygen atoms in total. The Morgan fingerprint density at radius 1 is 0.958 bits per heavy atom. The van der Waals surface area contributed by atoms with Crippen LogP contribution in [0.2, 0.25) is 0 Å². The van der Waals surface area contributed by atoms with Gasteiger partial charge >= 0.3 is 0 Å². The zero-order valence-corrected chi connectivity index (χ0v) is 13.5. The molecule has 0 saturated heterocycles. The molecule has 3 aromatic rings. The second-order valence-corrected chi connectivity index (χ2v) is 5.55. The van der Waals surface area contributed by atoms with Crippen molar-refractivity contribution < 1.29 is 4.39 Å². The van der Waals surface area contributed by atoms with Crippen LogP contribution in [0.4, 0.5) is 16.2 Å². The summed E-state index contributed by atoms with van der Waals surface area (Å²) in [6, 6.07) is 16.7. The fourth-order valence-corrected chi connectivity index (χ4v) is 2.37. The normalized spacial score (nSPS) is 10.4. The predicted octanol–water partition coefficient (Wildman–Crippen LogP) is 4.15. The van der Waals surface area contributed by atoms with E-state index in [4.69, 9.17) is 0 Å². The number of nitrogens with zero attached hydrogens (tertiary/aromatic N) is 2. The van der Waals surface area contributed by atoms with Gasteiger partial charge in [-0.3, -0.25) is 0 Å². The summed E-state index contributed by atoms with van der Waals surface area (Å²) in [5.74, 6) is 0.965. The lowest BCUT2D eigenvalue weighted by Crippen LogP contribution is -2.07. The summed E-state index contributed by atoms with van der Waals surface area (Å²) < 4.78 is 13.6. The lowest BCUT2D eigenvalue weighted by atomic mass is 10.1. The topological polar surface area (TPSA) is 49.8 Å². The Bertz CT molecular complexity index is 820. The summed E-state index contributed by atoms with van der Waals surface area (Å²) in [7, 11) is 0. The second-order valence-electron chi connectivity index (χ2n) is 5.55. The van der Waals surface area contributed by atoms with Crippen LogP contribution < -0.4 is 10.6 Å². The molecule has 122 valence electrons. The van der Waals surface area contributed by atoms with E-state index in [9.17, 15) is 4.39 Å². The summed E-state index contributed by atoms with van der Waals surface area (Å²) in [4.78, 5) is 8.61. The molecule has 2 aromatic carbocycles. The quantitative estimate of drug-likeness (QED) is 0.716. The van der Waals surface area contributed by atoms with Crippen molar-refractivity contribution in [3.05, 3.63) is 83.3 Å². The molecule has 0 fully saturated rings. The maximum Gasteiger partial charge on any atom is 0.224 e. The first-order chi connectivity index (χ1) is 11.7. The van der Waals surface area contributed by atoms with Gasteiger partial charge in [0.2, 0.25) is 5.95 Å². The number of halogens is 1. The summed E-state index contributed by atoms with van der Waals surface area (Å²) in [6.45, 7) is 3.09. The molecule has 0 amide bonds. The van der Waals surface area contributed by atoms with E-state index in [0.29, 0.717) is 30.4 Å². The average molecular weight is 322 g/mol. The van der Waals surface area contributed by atoms with Gasteiger partial charge in [0.25, 0.3) is 0 Å². The van der Waals surface area contributed by atoms with Crippen LogP contribution in [-0.2, 0) is 13.1 Å². The Morgan fingerprint density at radius 2 is 1.83 bits per heavy atom. The molecule has 5 heteroatoms. The first-order valence-corrected chi connectivity index (χ1v) is 7.80. The minimum absolute atomic E-state index is 0.225. The van der Waals surface area contributed by atoms with Crippen LogP contribution in [0.1, 0.15) is 16.7 Å². The third kappa shape index (κ3) is 4.29. The van der Waals surface area contributed by atoms with Crippen LogP contribution in [-0.4, -0.2) is 9.97 Å². The van der Waals surface area contributed by atoms with Gasteiger partial charge in [-0.2, -0.15) is 4.98 Å². The van der Waals surface area contributed by atoms with Gasteiger partial charge in [0.1, 0.15) is 11.6 Å². The van der Waals surface area contributed by atoms with Crippen molar-refractivity contribution in [3.8, 4) is 0 Å². The van der Waals surface area contributed by atoms with Crippen molar-refractivity contribution >= 4 is 11.8 Å². The standard InChI is InChI=1S/C19H19FN4/c1-14-5-4-6-15(11-14)12-23-19-21-10-9-18(24-19)22-13-16-7-2-3-8-17(16)20/h2-11H,12-13H2,1H3,(H2,21,22,23,24). The SMILES string of the molecule is Cc1cccc(CNc2nccc(NCc3ccccc3F)n2)c1. The number of nitrogens with one attached hydrogen (secondary N) is 2. The first kappa shape index (κ1) is 15.9. The van der Waals surface area contributed by atoms with Crippen LogP contribution in [0.15, 0.2) is 60.8 Å². The van der Waals surface area contributed by atoms with Crippen molar-refractivity contribution in [3.63, 3.8) is 0 Å². The molecule has 0 aliphatic rings. The van der Waals surface area contributed by atoms with Gasteiger partial charge in [-0.1, -0.05) is 48.0 Å². The van der Waals surface area contributed by atoms with Gasteiger partial charge in [0.15, 0.2) is 0 Å². The third-order valence-electron chi connectivity index (χ3n) is 3.61. The highest BCUT2D eigenvalue weighted by Crippen LogP contribution is 2.12. The fourth-order valence-electron chi connectivity index (χ4n) is 2.37. The van der Waals surface area contributed by atoms with Gasteiger partial charge in [0, 0.05) is 24.8 Å². The van der Waals surface area contributed by atoms with Gasteiger partial charge in [-0.25, -0.2) is 9.37 Å². The van der Waals surface area contributed by atoms with E-state index in [2.05, 4.69) is 45.7 Å². The zero-order chi connectivity index (χ0) is 16.8. The summed E-state index contributed by atoms with van der Waals surface area (Å²) in [5, 5.41) is 6.32. The molecule has 0 saturated carbocycles. The van der Waals surface area contributed by atoms with Crippen molar-refractivity contribution in [1.82, 2.24) is 9.97 Å². The van der Waals surface area contributed by atoms with Crippen molar-refractivity contribution in [2.75, 3.05) is 10.6 Å². The lowest BCUT2D eigenvalue weighted by molar-refractivity contribution is 0.613. The Balaban J connectivity index is 1.60. The van der Waals surface area contributed by atoms with Gasteiger partial charge in [-0.05, 0) is 24.6 Å². The molecule has 2 N–H and O–H groups in total. The smallest absolute Gasteiger partial charge is 0.224 e. The molecule has 0 atom stereocenters. The lowest BCUT2D eigenvalue weighted by Gasteiger charge is -2.09. The number of aryl methyl sites for hydroxylation is 1. The van der Waals surface area contributed by atoms with E-state index < -0.39 is 0 Å². The minimum Gasteiger partial charge on any atom is -0.366 e. The number of aromatic nitrogens is 2. The maximum atomic E-state index is 13.6. The summed E-state index contributed by atoms with van der Waals surface area (Å²) in [5.41, 5.74) is 2.99. The van der Waals surface area contributed by atoms with Gasteiger partial charge in [0.05, 0.1) is 0 Å². The van der Waals surface area contributed by atoms with E-state index >= 15 is 0 Å². The van der Waals surface area contributed by atoms with Crippen LogP contribution in [0.25, 0.3) is 0 Å². The first-order valence-electron chi connectivity index (χ1n) is 7.80. The molecule has 0 bridgehead atoms. The molecule has 0 unspecified atom stereocenters. The zero-order valence-electron chi connectivity index (χ0n) is 13.5. The van der Waals surface area contributed by atoms with Crippen molar-refractivity contribution in [1.29, 1.82) is 0 Å². The van der Waals surface area contributed by atoms with Crippen LogP contribution in [0.3, 0.4) is 0 Å². The number of benzene rings is 2. The molecule has 1 heterocycles. The highest BCUT2D eigenvalue weighted by molar-refractivity contribution is 5.41. The Hall–Kier alpha value is -2.95. The highest BCUT2D eigenvalue weighted by Gasteiger charge is 2.03. The van der Waals surface area contributed by atoms with E-state index in [1.54, 1.807) is 24.4 Å². The second kappa shape index (κ2) is 7.55. The molecule has 24 heavy (non-hydrogen) atoms. The fraction of sp³-hybridized carbons (Fsp3) is 0.158. The molecule has 3 rings (SSSR count). The largest absolute Gasteiger partial charge is 0.366 e. The van der Waals surface area contributed by atoms with Crippen molar-refractivity contribution in [2.24, 2.45) is 0 Å². The molecule has 0 aliphatic carbocycles. The molecule has 0 aliphatic heterocycles. The summed E-state index contributed by atoms with van der Waals surface area (Å²) >= 11 is 0. The molecular weight excluding hydrogens is 303 g/mol. The predicted molar refractivity (Wildman–Crippen MR) is 94.3 cm³/mol. The molecule has 0 spiro atoms. The van der Waals surface area contributed by atoms with Gasteiger partial charge < -0.3 is 10.6 Å². The Kier molecular flexibility index (Phi) is 5.01. The Morgan fingerprint density at radius 3 is 2.67 bits per heavy atom. The maximum absolute atomic E-state index is 13.6. The van der Waals surface area contributed by atoms with Gasteiger partial charge in [-0.15, -0.1) is 0 Å². The third-order valence-corrected chi connectivity index (χ3v) is 3.61. The van der Waals surface area contributed by atoms with Crippen LogP contribution >= 0.6 is 0 Å². The number of rotatable bonds is 6. The van der Waals surface area contributed by atoms with E-state index in [-0.39, 0.29) is 5.82 Å². The number of hydrogen-bond donors (Lipinski definition) is 2. The minimum atomic E-state index is -0.225. The van der Waals surface area contributed by atoms with Crippen LogP contribution in [0, 0.1) is 12.7 Å². The highest BCUT2D eigenvalue weighted by atomic mass is 19.1. The summed E-state index contributed by atoms with van der Waals surface area (Å²) in [6.07, 6.45) is 1.68. The van der Waals surface area contributed by atoms with E-state index in [1.165, 1.54) is 17.2 Å². The monoisotopic (exact) mass is 322 g/mol. The number of hydrogen-bond acceptors (Lipinski definition) is 4. The molecule has 0 radical (unpaired) electrons. The van der Waals surface area contributed by atoms with Crippen molar-refractivity contribution in [2.45, 2.75) is 20.0 Å². The van der Waals surface area contributed by atoms with E-state index in [1.807, 2.05) is 12.1 Å². The Labute approximate surface area is 140 Å².